The Kier molecular flexibility index (Phi) is 5.19. The number of carbonyl (C=O) groups excluding carboxylic acids is 1. The number of hydrogen-bond donors (Lipinski definition) is 1. The Labute approximate surface area is 151 Å². The van der Waals surface area contributed by atoms with Gasteiger partial charge >= 0.3 is 0 Å². The highest BCUT2D eigenvalue weighted by atomic mass is 127. The minimum absolute atomic E-state index is 0.137. The number of anilines is 1. The minimum atomic E-state index is -0.365. The van der Waals surface area contributed by atoms with Gasteiger partial charge in [0, 0.05) is 27.7 Å². The van der Waals surface area contributed by atoms with Gasteiger partial charge in [-0.3, -0.25) is 4.79 Å². The average molecular weight is 437 g/mol. The summed E-state index contributed by atoms with van der Waals surface area (Å²) in [6, 6.07) is 13.5. The molecule has 1 N–H and O–H groups in total. The molecule has 7 heteroatoms. The lowest BCUT2D eigenvalue weighted by Gasteiger charge is -2.03. The zero-order chi connectivity index (χ0) is 16.9. The summed E-state index contributed by atoms with van der Waals surface area (Å²) >= 11 is 2.20. The van der Waals surface area contributed by atoms with Crippen LogP contribution in [0, 0.1) is 9.39 Å². The Bertz CT molecular complexity index is 849. The maximum absolute atomic E-state index is 13.2. The zero-order valence-corrected chi connectivity index (χ0v) is 14.7. The van der Waals surface area contributed by atoms with Gasteiger partial charge in [-0.2, -0.15) is 4.98 Å². The number of aryl methyl sites for hydroxylation is 1. The number of rotatable bonds is 5. The van der Waals surface area contributed by atoms with E-state index in [1.165, 1.54) is 12.1 Å². The van der Waals surface area contributed by atoms with Gasteiger partial charge in [0.15, 0.2) is 0 Å². The summed E-state index contributed by atoms with van der Waals surface area (Å²) < 4.78 is 19.4. The van der Waals surface area contributed by atoms with Crippen molar-refractivity contribution in [2.45, 2.75) is 12.8 Å². The standard InChI is InChI=1S/C17H13FIN3O2/c18-12-3-1-2-11(10-12)17-21-16(24-22-17)9-8-15(23)20-14-6-4-13(19)5-7-14/h1-7,10H,8-9H2,(H,20,23). The topological polar surface area (TPSA) is 68.0 Å². The second kappa shape index (κ2) is 7.52. The fourth-order valence-corrected chi connectivity index (χ4v) is 2.44. The van der Waals surface area contributed by atoms with Gasteiger partial charge in [-0.05, 0) is 59.0 Å². The summed E-state index contributed by atoms with van der Waals surface area (Å²) in [5.74, 6) is 0.145. The summed E-state index contributed by atoms with van der Waals surface area (Å²) in [6.45, 7) is 0. The van der Waals surface area contributed by atoms with Gasteiger partial charge in [-0.15, -0.1) is 0 Å². The molecule has 0 saturated heterocycles. The summed E-state index contributed by atoms with van der Waals surface area (Å²) in [5.41, 5.74) is 1.28. The Morgan fingerprint density at radius 2 is 2.00 bits per heavy atom. The molecule has 1 aromatic heterocycles. The van der Waals surface area contributed by atoms with Gasteiger partial charge in [-0.25, -0.2) is 4.39 Å². The first-order valence-corrected chi connectivity index (χ1v) is 8.32. The SMILES string of the molecule is O=C(CCc1nc(-c2cccc(F)c2)no1)Nc1ccc(I)cc1. The first-order chi connectivity index (χ1) is 11.6. The van der Waals surface area contributed by atoms with Crippen molar-refractivity contribution in [3.8, 4) is 11.4 Å². The lowest BCUT2D eigenvalue weighted by molar-refractivity contribution is -0.116. The van der Waals surface area contributed by atoms with Crippen molar-refractivity contribution >= 4 is 34.2 Å². The molecule has 3 aromatic rings. The normalized spacial score (nSPS) is 10.6. The van der Waals surface area contributed by atoms with Crippen molar-refractivity contribution in [1.82, 2.24) is 10.1 Å². The highest BCUT2D eigenvalue weighted by molar-refractivity contribution is 14.1. The lowest BCUT2D eigenvalue weighted by Crippen LogP contribution is -2.12. The molecular formula is C17H13FIN3O2. The first-order valence-electron chi connectivity index (χ1n) is 7.24. The predicted octanol–water partition coefficient (Wildman–Crippen LogP) is 4.05. The van der Waals surface area contributed by atoms with E-state index in [2.05, 4.69) is 38.0 Å². The molecule has 0 aliphatic carbocycles. The van der Waals surface area contributed by atoms with Crippen LogP contribution in [0.5, 0.6) is 0 Å². The highest BCUT2D eigenvalue weighted by Crippen LogP contribution is 2.17. The Morgan fingerprint density at radius 3 is 2.75 bits per heavy atom. The fourth-order valence-electron chi connectivity index (χ4n) is 2.08. The van der Waals surface area contributed by atoms with Gasteiger partial charge in [0.2, 0.25) is 17.6 Å². The van der Waals surface area contributed by atoms with Crippen molar-refractivity contribution in [2.75, 3.05) is 5.32 Å². The van der Waals surface area contributed by atoms with E-state index in [1.807, 2.05) is 24.3 Å². The number of nitrogens with zero attached hydrogens (tertiary/aromatic N) is 2. The van der Waals surface area contributed by atoms with Crippen LogP contribution in [0.2, 0.25) is 0 Å². The molecule has 0 spiro atoms. The van der Waals surface area contributed by atoms with Gasteiger partial charge in [-0.1, -0.05) is 17.3 Å². The number of aromatic nitrogens is 2. The highest BCUT2D eigenvalue weighted by Gasteiger charge is 2.11. The van der Waals surface area contributed by atoms with E-state index in [-0.39, 0.29) is 18.1 Å². The molecule has 122 valence electrons. The van der Waals surface area contributed by atoms with Crippen LogP contribution in [-0.4, -0.2) is 16.0 Å². The van der Waals surface area contributed by atoms with Crippen LogP contribution < -0.4 is 5.32 Å². The molecule has 0 atom stereocenters. The number of halogens is 2. The van der Waals surface area contributed by atoms with Gasteiger partial charge in [0.05, 0.1) is 0 Å². The van der Waals surface area contributed by atoms with E-state index in [0.717, 1.165) is 9.26 Å². The molecule has 0 saturated carbocycles. The zero-order valence-electron chi connectivity index (χ0n) is 12.5. The maximum Gasteiger partial charge on any atom is 0.227 e. The minimum Gasteiger partial charge on any atom is -0.339 e. The van der Waals surface area contributed by atoms with Crippen LogP contribution in [-0.2, 0) is 11.2 Å². The lowest BCUT2D eigenvalue weighted by atomic mass is 10.2. The Morgan fingerprint density at radius 1 is 1.21 bits per heavy atom. The van der Waals surface area contributed by atoms with Crippen LogP contribution >= 0.6 is 22.6 Å². The van der Waals surface area contributed by atoms with E-state index in [9.17, 15) is 9.18 Å². The van der Waals surface area contributed by atoms with Crippen LogP contribution in [0.3, 0.4) is 0 Å². The van der Waals surface area contributed by atoms with Crippen molar-refractivity contribution in [3.05, 3.63) is 63.8 Å². The number of nitrogens with one attached hydrogen (secondary N) is 1. The molecule has 0 aliphatic rings. The number of amides is 1. The van der Waals surface area contributed by atoms with Crippen LogP contribution in [0.25, 0.3) is 11.4 Å². The number of carbonyl (C=O) groups is 1. The summed E-state index contributed by atoms with van der Waals surface area (Å²) in [6.07, 6.45) is 0.537. The smallest absolute Gasteiger partial charge is 0.227 e. The number of hydrogen-bond acceptors (Lipinski definition) is 4. The van der Waals surface area contributed by atoms with Crippen molar-refractivity contribution < 1.29 is 13.7 Å². The molecule has 5 nitrogen and oxygen atoms in total. The summed E-state index contributed by atoms with van der Waals surface area (Å²) in [4.78, 5) is 16.1. The monoisotopic (exact) mass is 437 g/mol. The second-order valence-electron chi connectivity index (χ2n) is 5.08. The molecule has 3 rings (SSSR count). The molecule has 0 unspecified atom stereocenters. The summed E-state index contributed by atoms with van der Waals surface area (Å²) in [7, 11) is 0. The molecular weight excluding hydrogens is 424 g/mol. The van der Waals surface area contributed by atoms with Crippen molar-refractivity contribution in [3.63, 3.8) is 0 Å². The second-order valence-corrected chi connectivity index (χ2v) is 6.32. The van der Waals surface area contributed by atoms with Crippen molar-refractivity contribution in [1.29, 1.82) is 0 Å². The third-order valence-electron chi connectivity index (χ3n) is 3.24. The molecule has 0 bridgehead atoms. The third kappa shape index (κ3) is 4.38. The molecule has 0 radical (unpaired) electrons. The van der Waals surface area contributed by atoms with E-state index in [4.69, 9.17) is 4.52 Å². The fraction of sp³-hybridized carbons (Fsp3) is 0.118. The maximum atomic E-state index is 13.2. The largest absolute Gasteiger partial charge is 0.339 e. The molecule has 0 fully saturated rings. The van der Waals surface area contributed by atoms with Crippen molar-refractivity contribution in [2.24, 2.45) is 0 Å². The molecule has 0 aliphatic heterocycles. The molecule has 1 amide bonds. The predicted molar refractivity (Wildman–Crippen MR) is 95.8 cm³/mol. The van der Waals surface area contributed by atoms with E-state index < -0.39 is 0 Å². The van der Waals surface area contributed by atoms with E-state index in [1.54, 1.807) is 12.1 Å². The first kappa shape index (κ1) is 16.6. The molecule has 24 heavy (non-hydrogen) atoms. The quantitative estimate of drug-likeness (QED) is 0.612. The van der Waals surface area contributed by atoms with Gasteiger partial charge < -0.3 is 9.84 Å². The average Bonchev–Trinajstić information content (AvgIpc) is 3.04. The number of benzene rings is 2. The third-order valence-corrected chi connectivity index (χ3v) is 3.96. The van der Waals surface area contributed by atoms with E-state index >= 15 is 0 Å². The Hall–Kier alpha value is -2.29. The van der Waals surface area contributed by atoms with Crippen LogP contribution in [0.15, 0.2) is 53.1 Å². The Balaban J connectivity index is 1.57. The van der Waals surface area contributed by atoms with Crippen LogP contribution in [0.1, 0.15) is 12.3 Å². The molecule has 1 heterocycles. The van der Waals surface area contributed by atoms with E-state index in [0.29, 0.717) is 23.7 Å². The molecule has 2 aromatic carbocycles. The summed E-state index contributed by atoms with van der Waals surface area (Å²) in [5, 5.41) is 6.62. The van der Waals surface area contributed by atoms with Gasteiger partial charge in [0.25, 0.3) is 0 Å². The van der Waals surface area contributed by atoms with Gasteiger partial charge in [0.1, 0.15) is 5.82 Å². The van der Waals surface area contributed by atoms with Crippen LogP contribution in [0.4, 0.5) is 10.1 Å².